The number of benzene rings is 1. The molecule has 2 rings (SSSR count). The van der Waals surface area contributed by atoms with Gasteiger partial charge in [0.1, 0.15) is 5.76 Å². The van der Waals surface area contributed by atoms with Gasteiger partial charge in [-0.25, -0.2) is 0 Å². The van der Waals surface area contributed by atoms with Crippen LogP contribution in [0.4, 0.5) is 0 Å². The predicted octanol–water partition coefficient (Wildman–Crippen LogP) is 3.38. The number of aryl methyl sites for hydroxylation is 3. The van der Waals surface area contributed by atoms with Gasteiger partial charge in [0.25, 0.3) is 0 Å². The average Bonchev–Trinajstić information content (AvgIpc) is 2.73. The van der Waals surface area contributed by atoms with E-state index in [1.807, 2.05) is 32.9 Å². The van der Waals surface area contributed by atoms with E-state index in [4.69, 9.17) is 10.5 Å². The molecule has 0 saturated heterocycles. The molecule has 0 heterocycles. The number of esters is 1. The molecule has 0 aromatic heterocycles. The number of ether oxygens (including phenoxy) is 1. The summed E-state index contributed by atoms with van der Waals surface area (Å²) in [5.41, 5.74) is 8.76. The number of carbonyl (C=O) groups is 3. The fourth-order valence-electron chi connectivity index (χ4n) is 3.36. The maximum atomic E-state index is 13.0. The van der Waals surface area contributed by atoms with Crippen molar-refractivity contribution in [1.29, 1.82) is 0 Å². The van der Waals surface area contributed by atoms with E-state index in [0.29, 0.717) is 11.3 Å². The number of rotatable bonds is 4. The summed E-state index contributed by atoms with van der Waals surface area (Å²) in [4.78, 5) is 36.8. The number of ketones is 1. The second kappa shape index (κ2) is 7.06. The number of nitrogens with two attached hydrogens (primary N) is 1. The van der Waals surface area contributed by atoms with Crippen molar-refractivity contribution in [2.75, 3.05) is 0 Å². The van der Waals surface area contributed by atoms with E-state index in [2.05, 4.69) is 0 Å². The molecular weight excluding hydrogens is 330 g/mol. The monoisotopic (exact) mass is 357 g/mol. The van der Waals surface area contributed by atoms with Gasteiger partial charge in [-0.15, -0.1) is 0 Å². The molecule has 0 radical (unpaired) electrons. The van der Waals surface area contributed by atoms with E-state index in [1.54, 1.807) is 20.8 Å². The third-order valence-corrected chi connectivity index (χ3v) is 4.53. The minimum absolute atomic E-state index is 0.0527. The quantitative estimate of drug-likeness (QED) is 0.837. The summed E-state index contributed by atoms with van der Waals surface area (Å²) >= 11 is 0. The third kappa shape index (κ3) is 4.03. The van der Waals surface area contributed by atoms with Gasteiger partial charge >= 0.3 is 5.97 Å². The zero-order chi connectivity index (χ0) is 19.8. The highest BCUT2D eigenvalue weighted by molar-refractivity contribution is 6.26. The zero-order valence-corrected chi connectivity index (χ0v) is 16.4. The fraction of sp³-hybridized carbons (Fsp3) is 0.476. The molecule has 1 atom stereocenters. The van der Waals surface area contributed by atoms with Crippen LogP contribution in [0.2, 0.25) is 0 Å². The minimum atomic E-state index is -0.694. The molecule has 2 N–H and O–H groups in total. The first-order chi connectivity index (χ1) is 11.9. The maximum Gasteiger partial charge on any atom is 0.316 e. The van der Waals surface area contributed by atoms with Crippen LogP contribution in [-0.2, 0) is 19.1 Å². The Bertz CT molecular complexity index is 789. The van der Waals surface area contributed by atoms with Gasteiger partial charge in [0, 0.05) is 18.8 Å². The lowest BCUT2D eigenvalue weighted by Crippen LogP contribution is -2.23. The van der Waals surface area contributed by atoms with Gasteiger partial charge < -0.3 is 10.5 Å². The van der Waals surface area contributed by atoms with E-state index in [0.717, 1.165) is 22.3 Å². The number of hydrogen-bond donors (Lipinski definition) is 1. The van der Waals surface area contributed by atoms with Gasteiger partial charge in [0.15, 0.2) is 5.78 Å². The van der Waals surface area contributed by atoms with E-state index >= 15 is 0 Å². The summed E-state index contributed by atoms with van der Waals surface area (Å²) in [6.45, 7) is 11.1. The van der Waals surface area contributed by atoms with Crippen molar-refractivity contribution < 1.29 is 19.1 Å². The Morgan fingerprint density at radius 1 is 1.15 bits per heavy atom. The van der Waals surface area contributed by atoms with Gasteiger partial charge in [0.2, 0.25) is 5.91 Å². The number of Topliss-reactive ketones (excluding diaryl/α,β-unsaturated/α-hetero) is 1. The Balaban J connectivity index is 2.57. The molecule has 1 amide bonds. The summed E-state index contributed by atoms with van der Waals surface area (Å²) in [6, 6.07) is 3.99. The summed E-state index contributed by atoms with van der Waals surface area (Å²) in [7, 11) is 0. The molecule has 0 fully saturated rings. The van der Waals surface area contributed by atoms with Crippen LogP contribution in [0.3, 0.4) is 0 Å². The molecule has 26 heavy (non-hydrogen) atoms. The van der Waals surface area contributed by atoms with Crippen LogP contribution in [-0.4, -0.2) is 17.7 Å². The second-order valence-corrected chi connectivity index (χ2v) is 8.15. The van der Waals surface area contributed by atoms with E-state index < -0.39 is 23.2 Å². The number of allylic oxidation sites excluding steroid dienone is 2. The Hall–Kier alpha value is -2.43. The van der Waals surface area contributed by atoms with Gasteiger partial charge in [0.05, 0.1) is 11.0 Å². The lowest BCUT2D eigenvalue weighted by atomic mass is 9.90. The third-order valence-electron chi connectivity index (χ3n) is 4.53. The number of hydrogen-bond acceptors (Lipinski definition) is 4. The van der Waals surface area contributed by atoms with Crippen molar-refractivity contribution in [2.45, 2.75) is 54.4 Å². The first-order valence-electron chi connectivity index (χ1n) is 8.78. The second-order valence-electron chi connectivity index (χ2n) is 8.15. The van der Waals surface area contributed by atoms with Crippen LogP contribution in [0.15, 0.2) is 17.9 Å². The summed E-state index contributed by atoms with van der Waals surface area (Å²) in [5, 5.41) is 0. The fourth-order valence-corrected chi connectivity index (χ4v) is 3.36. The van der Waals surface area contributed by atoms with Crippen molar-refractivity contribution in [2.24, 2.45) is 17.1 Å². The van der Waals surface area contributed by atoms with Crippen LogP contribution in [0.25, 0.3) is 5.57 Å². The van der Waals surface area contributed by atoms with E-state index in [9.17, 15) is 14.4 Å². The minimum Gasteiger partial charge on any atom is -0.430 e. The van der Waals surface area contributed by atoms with Gasteiger partial charge in [-0.1, -0.05) is 17.7 Å². The SMILES string of the molecule is Cc1cc(C)c(C2=C(OC(=O)C(C)(C)C)CC(CC(N)=O)C2=O)c(C)c1. The summed E-state index contributed by atoms with van der Waals surface area (Å²) in [5.74, 6) is -1.36. The van der Waals surface area contributed by atoms with Crippen molar-refractivity contribution in [3.63, 3.8) is 0 Å². The zero-order valence-electron chi connectivity index (χ0n) is 16.4. The molecule has 1 aromatic carbocycles. The van der Waals surface area contributed by atoms with Crippen LogP contribution < -0.4 is 5.73 Å². The molecule has 140 valence electrons. The molecular formula is C21H27NO4. The lowest BCUT2D eigenvalue weighted by Gasteiger charge is -2.18. The van der Waals surface area contributed by atoms with Gasteiger partial charge in [-0.3, -0.25) is 14.4 Å². The molecule has 1 aromatic rings. The van der Waals surface area contributed by atoms with Crippen LogP contribution in [0, 0.1) is 32.1 Å². The molecule has 5 heteroatoms. The first kappa shape index (κ1) is 19.9. The number of primary amides is 1. The topological polar surface area (TPSA) is 86.5 Å². The van der Waals surface area contributed by atoms with Gasteiger partial charge in [-0.2, -0.15) is 0 Å². The molecule has 1 unspecified atom stereocenters. The van der Waals surface area contributed by atoms with E-state index in [1.165, 1.54) is 0 Å². The Labute approximate surface area is 154 Å². The first-order valence-corrected chi connectivity index (χ1v) is 8.78. The molecule has 0 aliphatic heterocycles. The van der Waals surface area contributed by atoms with Crippen molar-refractivity contribution in [3.05, 3.63) is 40.1 Å². The molecule has 1 aliphatic carbocycles. The average molecular weight is 357 g/mol. The van der Waals surface area contributed by atoms with Gasteiger partial charge in [-0.05, 0) is 58.2 Å². The van der Waals surface area contributed by atoms with E-state index in [-0.39, 0.29) is 18.6 Å². The molecule has 0 spiro atoms. The Morgan fingerprint density at radius 2 is 1.69 bits per heavy atom. The highest BCUT2D eigenvalue weighted by Gasteiger charge is 2.39. The van der Waals surface area contributed by atoms with Crippen molar-refractivity contribution >= 4 is 23.2 Å². The largest absolute Gasteiger partial charge is 0.430 e. The number of carbonyl (C=O) groups excluding carboxylic acids is 3. The van der Waals surface area contributed by atoms with Crippen molar-refractivity contribution in [3.8, 4) is 0 Å². The molecule has 1 aliphatic rings. The Morgan fingerprint density at radius 3 is 2.15 bits per heavy atom. The highest BCUT2D eigenvalue weighted by atomic mass is 16.5. The number of amides is 1. The van der Waals surface area contributed by atoms with Crippen LogP contribution in [0.5, 0.6) is 0 Å². The summed E-state index contributed by atoms with van der Waals surface area (Å²) < 4.78 is 5.63. The molecule has 0 saturated carbocycles. The Kier molecular flexibility index (Phi) is 5.40. The maximum absolute atomic E-state index is 13.0. The normalized spacial score (nSPS) is 17.6. The predicted molar refractivity (Wildman–Crippen MR) is 100 cm³/mol. The standard InChI is InChI=1S/C21H27NO4/c1-11-7-12(2)17(13(3)8-11)18-15(26-20(25)21(4,5)6)9-14(19(18)24)10-16(22)23/h7-8,14H,9-10H2,1-6H3,(H2,22,23). The van der Waals surface area contributed by atoms with Crippen LogP contribution in [0.1, 0.15) is 55.9 Å². The lowest BCUT2D eigenvalue weighted by molar-refractivity contribution is -0.148. The summed E-state index contributed by atoms with van der Waals surface area (Å²) in [6.07, 6.45) is 0.161. The molecule has 5 nitrogen and oxygen atoms in total. The van der Waals surface area contributed by atoms with Crippen molar-refractivity contribution in [1.82, 2.24) is 0 Å². The molecule has 0 bridgehead atoms. The highest BCUT2D eigenvalue weighted by Crippen LogP contribution is 2.40. The smallest absolute Gasteiger partial charge is 0.316 e. The van der Waals surface area contributed by atoms with Crippen LogP contribution >= 0.6 is 0 Å².